The summed E-state index contributed by atoms with van der Waals surface area (Å²) in [6, 6.07) is 58.5. The fraction of sp³-hybridized carbons (Fsp3) is 0.0952. The van der Waals surface area contributed by atoms with Gasteiger partial charge >= 0.3 is 166 Å². The molecular formula is C63H50B2O. The van der Waals surface area contributed by atoms with Gasteiger partial charge in [0.25, 0.3) is 0 Å². The van der Waals surface area contributed by atoms with Crippen molar-refractivity contribution in [3.05, 3.63) is 235 Å². The standard InChI is InChI=1S/C63H50B2O/c1-6-8-14-42(7-2)43-15-11-16-44(33-43)47-23-22-41(3)54(35-47)58-38-50(30-31-63(58,4)5)49-25-28-61-56(37-49)57-39-52(26-29-62(57)66-61)65-59-21-10-9-20-53(59)55-36-48(24-27-60(55)65)45-17-12-18-46(34-45)51-19-13-32-64-40-51/h6-30,32-40H,2,31H2,1,3-5H3/b8-6-,42-14+. The van der Waals surface area contributed by atoms with E-state index in [-0.39, 0.29) is 12.1 Å². The number of furan rings is 1. The molecule has 66 heavy (non-hydrogen) atoms. The molecule has 9 aromatic rings. The van der Waals surface area contributed by atoms with Crippen molar-refractivity contribution in [2.75, 3.05) is 0 Å². The molecule has 0 unspecified atom stereocenters. The Balaban J connectivity index is 0.947. The van der Waals surface area contributed by atoms with Crippen LogP contribution in [-0.2, 0) is 0 Å². The molecule has 3 heteroatoms. The molecule has 0 spiro atoms. The predicted octanol–water partition coefficient (Wildman–Crippen LogP) is 14.8. The van der Waals surface area contributed by atoms with Crippen molar-refractivity contribution in [3.8, 4) is 44.5 Å². The average molecular weight is 845 g/mol. The summed E-state index contributed by atoms with van der Waals surface area (Å²) < 4.78 is 6.55. The van der Waals surface area contributed by atoms with Gasteiger partial charge in [0.1, 0.15) is 11.2 Å². The summed E-state index contributed by atoms with van der Waals surface area (Å²) in [6.45, 7) is 15.3. The number of benzene rings is 7. The van der Waals surface area contributed by atoms with Crippen LogP contribution in [0.3, 0.4) is 0 Å². The van der Waals surface area contributed by atoms with Crippen LogP contribution in [0.2, 0.25) is 0 Å². The number of aryl methyl sites for hydroxylation is 1. The number of fused-ring (bicyclic) bond motifs is 6. The summed E-state index contributed by atoms with van der Waals surface area (Å²) in [5.74, 6) is 4.25. The van der Waals surface area contributed by atoms with Gasteiger partial charge in [-0.05, 0) is 106 Å². The van der Waals surface area contributed by atoms with Crippen molar-refractivity contribution in [3.63, 3.8) is 0 Å². The van der Waals surface area contributed by atoms with E-state index in [1.165, 1.54) is 88.7 Å². The molecule has 0 bridgehead atoms. The van der Waals surface area contributed by atoms with Crippen molar-refractivity contribution in [1.82, 2.24) is 0 Å². The zero-order valence-corrected chi connectivity index (χ0v) is 38.1. The van der Waals surface area contributed by atoms with Gasteiger partial charge in [-0.2, -0.15) is 0 Å². The van der Waals surface area contributed by atoms with E-state index in [2.05, 4.69) is 228 Å². The van der Waals surface area contributed by atoms with E-state index in [4.69, 9.17) is 4.42 Å². The van der Waals surface area contributed by atoms with Gasteiger partial charge in [-0.3, -0.25) is 0 Å². The third kappa shape index (κ3) is 7.39. The molecule has 0 saturated heterocycles. The zero-order chi connectivity index (χ0) is 44.9. The summed E-state index contributed by atoms with van der Waals surface area (Å²) in [7, 11) is 0. The van der Waals surface area contributed by atoms with Crippen LogP contribution in [0.25, 0.3) is 83.2 Å². The maximum atomic E-state index is 6.55. The van der Waals surface area contributed by atoms with Crippen LogP contribution in [0.5, 0.6) is 0 Å². The van der Waals surface area contributed by atoms with E-state index in [1.807, 2.05) is 19.1 Å². The minimum absolute atomic E-state index is 0.0395. The molecule has 3 heterocycles. The van der Waals surface area contributed by atoms with Gasteiger partial charge in [0, 0.05) is 10.8 Å². The summed E-state index contributed by atoms with van der Waals surface area (Å²) in [5, 5.41) is 2.29. The fourth-order valence-corrected chi connectivity index (χ4v) is 10.4. The molecule has 7 aromatic carbocycles. The number of hydrogen-bond donors (Lipinski definition) is 0. The predicted molar refractivity (Wildman–Crippen MR) is 286 cm³/mol. The molecule has 0 radical (unpaired) electrons. The molecule has 2 aromatic heterocycles. The van der Waals surface area contributed by atoms with E-state index >= 15 is 0 Å². The Morgan fingerprint density at radius 2 is 1.32 bits per heavy atom. The minimum atomic E-state index is -0.0395. The third-order valence-electron chi connectivity index (χ3n) is 14.0. The van der Waals surface area contributed by atoms with E-state index in [0.717, 1.165) is 39.5 Å². The SMILES string of the molecule is C=C/C(=C\C=C/C)c1cccc(-c2ccc(C)c(C3=CC(c4ccc5oc6ccc(B7c8ccccc8-c8cc(-c9cccc(-c%10cbccc%10)c9)ccc87)cc6c5c4)=CCC3(C)C)c2)c1. The van der Waals surface area contributed by atoms with Crippen LogP contribution in [0.15, 0.2) is 217 Å². The molecule has 2 aliphatic rings. The molecule has 0 N–H and O–H groups in total. The van der Waals surface area contributed by atoms with Gasteiger partial charge in [0.2, 0.25) is 0 Å². The van der Waals surface area contributed by atoms with Crippen LogP contribution in [-0.4, -0.2) is 13.6 Å². The molecule has 0 atom stereocenters. The topological polar surface area (TPSA) is 13.1 Å². The molecular weight excluding hydrogens is 794 g/mol. The van der Waals surface area contributed by atoms with Gasteiger partial charge in [-0.15, -0.1) is 0 Å². The smallest absolute Gasteiger partial charge is 0.0758 e. The Morgan fingerprint density at radius 3 is 2.12 bits per heavy atom. The van der Waals surface area contributed by atoms with E-state index in [0.29, 0.717) is 0 Å². The monoisotopic (exact) mass is 844 g/mol. The molecule has 314 valence electrons. The van der Waals surface area contributed by atoms with Crippen molar-refractivity contribution in [2.24, 2.45) is 5.41 Å². The Kier molecular flexibility index (Phi) is 10.5. The normalized spacial score (nSPS) is 14.3. The van der Waals surface area contributed by atoms with E-state index in [1.54, 1.807) is 0 Å². The van der Waals surface area contributed by atoms with Gasteiger partial charge in [0.05, 0.1) is 0 Å². The van der Waals surface area contributed by atoms with Crippen LogP contribution in [0.1, 0.15) is 49.4 Å². The average Bonchev–Trinajstić information content (AvgIpc) is 3.89. The summed E-state index contributed by atoms with van der Waals surface area (Å²) in [6.07, 6.45) is 14.0. The van der Waals surface area contributed by atoms with Crippen LogP contribution >= 0.6 is 0 Å². The minimum Gasteiger partial charge on any atom is -0.0758 e. The van der Waals surface area contributed by atoms with Gasteiger partial charge in [-0.25, -0.2) is 0 Å². The van der Waals surface area contributed by atoms with Crippen molar-refractivity contribution >= 4 is 68.7 Å². The first-order valence-electron chi connectivity index (χ1n) is 23.2. The molecule has 0 fully saturated rings. The second-order valence-electron chi connectivity index (χ2n) is 18.6. The van der Waals surface area contributed by atoms with Gasteiger partial charge in [-0.1, -0.05) is 93.3 Å². The molecule has 1 aliphatic carbocycles. The quantitative estimate of drug-likeness (QED) is 0.104. The second-order valence-corrected chi connectivity index (χ2v) is 18.6. The number of hydrogen-bond acceptors (Lipinski definition) is 1. The third-order valence-corrected chi connectivity index (χ3v) is 14.0. The first kappa shape index (κ1) is 41.2. The Morgan fingerprint density at radius 1 is 0.636 bits per heavy atom. The van der Waals surface area contributed by atoms with E-state index < -0.39 is 0 Å². The summed E-state index contributed by atoms with van der Waals surface area (Å²) in [5.41, 5.74) is 24.3. The number of rotatable bonds is 9. The second kappa shape index (κ2) is 16.8. The molecule has 0 amide bonds. The zero-order valence-electron chi connectivity index (χ0n) is 38.1. The molecule has 11 rings (SSSR count). The van der Waals surface area contributed by atoms with Crippen molar-refractivity contribution < 1.29 is 4.42 Å². The van der Waals surface area contributed by atoms with Crippen LogP contribution in [0, 0.1) is 12.3 Å². The molecule has 0 saturated carbocycles. The Bertz CT molecular complexity index is 3520. The maximum absolute atomic E-state index is 6.55. The summed E-state index contributed by atoms with van der Waals surface area (Å²) in [4.78, 5) is 0. The van der Waals surface area contributed by atoms with Crippen LogP contribution in [0.4, 0.5) is 0 Å². The molecule has 1 aliphatic heterocycles. The Hall–Kier alpha value is -7.48. The first-order chi connectivity index (χ1) is 32.3. The van der Waals surface area contributed by atoms with Gasteiger partial charge in [0.15, 0.2) is 0 Å². The fourth-order valence-electron chi connectivity index (χ4n) is 10.4. The number of allylic oxidation sites excluding steroid dienone is 9. The van der Waals surface area contributed by atoms with E-state index in [9.17, 15) is 0 Å². The summed E-state index contributed by atoms with van der Waals surface area (Å²) >= 11 is 0. The van der Waals surface area contributed by atoms with Crippen LogP contribution < -0.4 is 16.4 Å². The van der Waals surface area contributed by atoms with Crippen molar-refractivity contribution in [2.45, 2.75) is 34.1 Å². The molecule has 1 nitrogen and oxygen atoms in total. The van der Waals surface area contributed by atoms with Gasteiger partial charge < -0.3 is 4.42 Å². The first-order valence-corrected chi connectivity index (χ1v) is 23.2. The Labute approximate surface area is 390 Å². The van der Waals surface area contributed by atoms with Crippen molar-refractivity contribution in [1.29, 1.82) is 0 Å².